The van der Waals surface area contributed by atoms with Crippen LogP contribution in [0, 0.1) is 0 Å². The zero-order valence-corrected chi connectivity index (χ0v) is 21.5. The fourth-order valence-corrected chi connectivity index (χ4v) is 4.88. The van der Waals surface area contributed by atoms with E-state index in [9.17, 15) is 29.4 Å². The number of nitrogens with zero attached hydrogens (tertiary/aromatic N) is 2. The molecule has 3 aromatic rings. The van der Waals surface area contributed by atoms with Gasteiger partial charge >= 0.3 is 5.97 Å². The van der Waals surface area contributed by atoms with Crippen molar-refractivity contribution < 1.29 is 29.4 Å². The van der Waals surface area contributed by atoms with Crippen molar-refractivity contribution in [2.24, 2.45) is 5.73 Å². The molecule has 1 aliphatic heterocycles. The first-order valence-electron chi connectivity index (χ1n) is 12.8. The molecule has 5 unspecified atom stereocenters. The number of carbonyl (C=O) groups excluding carboxylic acids is 3. The molecule has 1 fully saturated rings. The van der Waals surface area contributed by atoms with Gasteiger partial charge in [-0.05, 0) is 31.4 Å². The Labute approximate surface area is 224 Å². The number of nitrogens with two attached hydrogens (primary N) is 1. The Morgan fingerprint density at radius 1 is 1.18 bits per heavy atom. The summed E-state index contributed by atoms with van der Waals surface area (Å²) in [6.07, 6.45) is 4.68. The molecule has 5 atom stereocenters. The predicted octanol–water partition coefficient (Wildman–Crippen LogP) is -0.570. The van der Waals surface area contributed by atoms with Gasteiger partial charge < -0.3 is 41.4 Å². The molecule has 39 heavy (non-hydrogen) atoms. The molecule has 1 saturated heterocycles. The number of carboxylic acids is 1. The predicted molar refractivity (Wildman–Crippen MR) is 140 cm³/mol. The molecule has 13 heteroatoms. The number of aromatic amines is 2. The van der Waals surface area contributed by atoms with Crippen LogP contribution in [0.25, 0.3) is 10.9 Å². The van der Waals surface area contributed by atoms with Crippen LogP contribution >= 0.6 is 0 Å². The van der Waals surface area contributed by atoms with Crippen molar-refractivity contribution in [2.45, 2.75) is 62.9 Å². The number of para-hydroxylation sites is 1. The number of benzene rings is 1. The Kier molecular flexibility index (Phi) is 8.62. The fourth-order valence-electron chi connectivity index (χ4n) is 4.88. The van der Waals surface area contributed by atoms with Crippen molar-refractivity contribution in [1.29, 1.82) is 0 Å². The van der Waals surface area contributed by atoms with E-state index in [1.165, 1.54) is 18.2 Å². The third-order valence-electron chi connectivity index (χ3n) is 6.93. The maximum absolute atomic E-state index is 13.4. The second kappa shape index (κ2) is 12.1. The highest BCUT2D eigenvalue weighted by Crippen LogP contribution is 2.22. The summed E-state index contributed by atoms with van der Waals surface area (Å²) in [6.45, 7) is 1.59. The number of carboxylic acid groups (broad SMARTS) is 1. The topological polar surface area (TPSA) is 207 Å². The number of aliphatic hydroxyl groups excluding tert-OH is 1. The van der Waals surface area contributed by atoms with E-state index in [-0.39, 0.29) is 18.7 Å². The lowest BCUT2D eigenvalue weighted by Gasteiger charge is -2.29. The average molecular weight is 540 g/mol. The molecule has 0 aliphatic carbocycles. The number of aliphatic hydroxyl groups is 1. The van der Waals surface area contributed by atoms with Gasteiger partial charge in [-0.2, -0.15) is 0 Å². The smallest absolute Gasteiger partial charge is 0.328 e. The number of nitrogens with one attached hydrogen (secondary N) is 4. The van der Waals surface area contributed by atoms with Crippen LogP contribution in [0.2, 0.25) is 0 Å². The minimum absolute atomic E-state index is 0.0493. The molecule has 3 amide bonds. The van der Waals surface area contributed by atoms with E-state index >= 15 is 0 Å². The lowest BCUT2D eigenvalue weighted by molar-refractivity contribution is -0.145. The molecular formula is C26H33N7O6. The van der Waals surface area contributed by atoms with E-state index in [4.69, 9.17) is 5.73 Å². The van der Waals surface area contributed by atoms with Crippen molar-refractivity contribution >= 4 is 34.6 Å². The summed E-state index contributed by atoms with van der Waals surface area (Å²) >= 11 is 0. The van der Waals surface area contributed by atoms with Crippen LogP contribution in [-0.4, -0.2) is 90.6 Å². The van der Waals surface area contributed by atoms with E-state index in [0.29, 0.717) is 25.1 Å². The van der Waals surface area contributed by atoms with Crippen molar-refractivity contribution in [2.75, 3.05) is 6.54 Å². The van der Waals surface area contributed by atoms with Crippen molar-refractivity contribution in [3.8, 4) is 0 Å². The Morgan fingerprint density at radius 2 is 1.95 bits per heavy atom. The standard InChI is InChI=1S/C26H33N7O6/c1-14(34)22(26(38)39)32-23(35)20(9-15-11-29-19-6-3-2-5-17(15)19)31-24(36)21-7-4-8-33(21)25(37)18(27)10-16-12-28-13-30-16/h2-3,5-6,11-14,18,20-22,29,34H,4,7-10,27H2,1H3,(H,28,30)(H,31,36)(H,32,35)(H,38,39). The Hall–Kier alpha value is -4.23. The first-order chi connectivity index (χ1) is 18.7. The molecule has 13 nitrogen and oxygen atoms in total. The Balaban J connectivity index is 1.52. The van der Waals surface area contributed by atoms with Gasteiger partial charge in [-0.3, -0.25) is 14.4 Å². The number of amides is 3. The van der Waals surface area contributed by atoms with E-state index in [1.54, 1.807) is 12.4 Å². The highest BCUT2D eigenvalue weighted by molar-refractivity contribution is 5.95. The highest BCUT2D eigenvalue weighted by Gasteiger charge is 2.38. The number of rotatable bonds is 11. The number of hydrogen-bond donors (Lipinski definition) is 7. The number of imidazole rings is 1. The first kappa shape index (κ1) is 27.8. The number of carbonyl (C=O) groups is 4. The van der Waals surface area contributed by atoms with Crippen LogP contribution in [0.4, 0.5) is 0 Å². The van der Waals surface area contributed by atoms with E-state index in [2.05, 4.69) is 25.6 Å². The zero-order chi connectivity index (χ0) is 28.1. The molecule has 0 bridgehead atoms. The third-order valence-corrected chi connectivity index (χ3v) is 6.93. The monoisotopic (exact) mass is 539 g/mol. The second-order valence-electron chi connectivity index (χ2n) is 9.77. The Morgan fingerprint density at radius 3 is 2.64 bits per heavy atom. The number of fused-ring (bicyclic) bond motifs is 1. The minimum Gasteiger partial charge on any atom is -0.480 e. The Bertz CT molecular complexity index is 1320. The lowest BCUT2D eigenvalue weighted by atomic mass is 10.0. The van der Waals surface area contributed by atoms with Gasteiger partial charge in [0.25, 0.3) is 0 Å². The van der Waals surface area contributed by atoms with Gasteiger partial charge in [0.2, 0.25) is 17.7 Å². The van der Waals surface area contributed by atoms with E-state index in [0.717, 1.165) is 16.5 Å². The van der Waals surface area contributed by atoms with Gasteiger partial charge in [-0.15, -0.1) is 0 Å². The van der Waals surface area contributed by atoms with Crippen molar-refractivity contribution in [1.82, 2.24) is 30.5 Å². The summed E-state index contributed by atoms with van der Waals surface area (Å²) < 4.78 is 0. The molecule has 0 radical (unpaired) electrons. The largest absolute Gasteiger partial charge is 0.480 e. The molecule has 0 saturated carbocycles. The van der Waals surface area contributed by atoms with Crippen LogP contribution in [0.15, 0.2) is 43.0 Å². The van der Waals surface area contributed by atoms with Gasteiger partial charge in [0, 0.05) is 48.4 Å². The molecule has 8 N–H and O–H groups in total. The SMILES string of the molecule is CC(O)C(NC(=O)C(Cc1c[nH]c2ccccc12)NC(=O)C1CCCN1C(=O)C(N)Cc1cnc[nH]1)C(=O)O. The lowest BCUT2D eigenvalue weighted by Crippen LogP contribution is -2.58. The van der Waals surface area contributed by atoms with Gasteiger partial charge in [0.1, 0.15) is 12.1 Å². The first-order valence-corrected chi connectivity index (χ1v) is 12.8. The number of aliphatic carboxylic acids is 1. The molecule has 3 heterocycles. The van der Waals surface area contributed by atoms with Crippen LogP contribution in [0.1, 0.15) is 31.0 Å². The maximum Gasteiger partial charge on any atom is 0.328 e. The van der Waals surface area contributed by atoms with Gasteiger partial charge in [0.15, 0.2) is 6.04 Å². The number of H-pyrrole nitrogens is 2. The van der Waals surface area contributed by atoms with Gasteiger partial charge in [-0.25, -0.2) is 9.78 Å². The van der Waals surface area contributed by atoms with Crippen LogP contribution in [0.5, 0.6) is 0 Å². The molecule has 1 aromatic carbocycles. The van der Waals surface area contributed by atoms with Crippen molar-refractivity contribution in [3.05, 3.63) is 54.2 Å². The fraction of sp³-hybridized carbons (Fsp3) is 0.423. The zero-order valence-electron chi connectivity index (χ0n) is 21.5. The summed E-state index contributed by atoms with van der Waals surface area (Å²) in [5.74, 6) is -3.11. The molecular weight excluding hydrogens is 506 g/mol. The number of hydrogen-bond acceptors (Lipinski definition) is 7. The molecule has 4 rings (SSSR count). The summed E-state index contributed by atoms with van der Waals surface area (Å²) in [5, 5.41) is 25.2. The third kappa shape index (κ3) is 6.44. The second-order valence-corrected chi connectivity index (χ2v) is 9.77. The van der Waals surface area contributed by atoms with E-state index in [1.807, 2.05) is 24.3 Å². The summed E-state index contributed by atoms with van der Waals surface area (Å²) in [4.78, 5) is 62.8. The van der Waals surface area contributed by atoms with Crippen LogP contribution in [-0.2, 0) is 32.0 Å². The summed E-state index contributed by atoms with van der Waals surface area (Å²) in [7, 11) is 0. The maximum atomic E-state index is 13.4. The van der Waals surface area contributed by atoms with Gasteiger partial charge in [0.05, 0.1) is 18.5 Å². The number of aromatic nitrogens is 3. The van der Waals surface area contributed by atoms with Crippen molar-refractivity contribution in [3.63, 3.8) is 0 Å². The minimum atomic E-state index is -1.56. The molecule has 1 aliphatic rings. The highest BCUT2D eigenvalue weighted by atomic mass is 16.4. The molecule has 208 valence electrons. The van der Waals surface area contributed by atoms with E-state index < -0.39 is 48.1 Å². The average Bonchev–Trinajstić information content (AvgIpc) is 3.67. The van der Waals surface area contributed by atoms with Crippen LogP contribution < -0.4 is 16.4 Å². The van der Waals surface area contributed by atoms with Gasteiger partial charge in [-0.1, -0.05) is 18.2 Å². The quantitative estimate of drug-likeness (QED) is 0.167. The normalized spacial score (nSPS) is 18.3. The summed E-state index contributed by atoms with van der Waals surface area (Å²) in [5.41, 5.74) is 8.40. The van der Waals surface area contributed by atoms with Crippen LogP contribution in [0.3, 0.4) is 0 Å². The molecule has 0 spiro atoms. The molecule has 2 aromatic heterocycles. The number of likely N-dealkylation sites (tertiary alicyclic amines) is 1. The summed E-state index contributed by atoms with van der Waals surface area (Å²) in [6, 6.07) is 2.98.